The maximum atomic E-state index is 4.08. The van der Waals surface area contributed by atoms with Crippen molar-refractivity contribution in [3.05, 3.63) is 126 Å². The topological polar surface area (TPSA) is 32.0 Å². The number of rotatable bonds is 4. The largest absolute Gasteiger partial charge is 0.306 e. The second-order valence-corrected chi connectivity index (χ2v) is 6.82. The molecule has 4 rings (SSSR count). The Bertz CT molecular complexity index is 1030. The van der Waals surface area contributed by atoms with Crippen molar-refractivity contribution in [3.8, 4) is 0 Å². The van der Waals surface area contributed by atoms with Crippen LogP contribution in [0.5, 0.6) is 0 Å². The highest BCUT2D eigenvalue weighted by Crippen LogP contribution is 2.08. The van der Waals surface area contributed by atoms with E-state index in [1.54, 1.807) is 10.9 Å². The van der Waals surface area contributed by atoms with Crippen LogP contribution in [-0.2, 0) is 7.05 Å². The second kappa shape index (κ2) is 11.2. The van der Waals surface area contributed by atoms with Gasteiger partial charge in [-0.1, -0.05) is 83.6 Å². The number of allylic oxidation sites excluding steroid dienone is 3. The summed E-state index contributed by atoms with van der Waals surface area (Å²) in [7, 11) is 3.88. The molecule has 1 aliphatic rings. The van der Waals surface area contributed by atoms with Crippen LogP contribution in [0, 0.1) is 0 Å². The zero-order valence-corrected chi connectivity index (χ0v) is 17.4. The van der Waals surface area contributed by atoms with E-state index in [1.807, 2.05) is 80.2 Å². The van der Waals surface area contributed by atoms with Gasteiger partial charge in [-0.05, 0) is 40.0 Å². The Labute approximate surface area is 178 Å². The Morgan fingerprint density at radius 2 is 1.40 bits per heavy atom. The third kappa shape index (κ3) is 7.24. The first-order valence-electron chi connectivity index (χ1n) is 9.85. The average molecular weight is 396 g/mol. The highest BCUT2D eigenvalue weighted by atomic mass is 15.5. The van der Waals surface area contributed by atoms with Gasteiger partial charge in [-0.2, -0.15) is 0 Å². The fourth-order valence-corrected chi connectivity index (χ4v) is 2.70. The van der Waals surface area contributed by atoms with Gasteiger partial charge in [0.15, 0.2) is 7.05 Å². The van der Waals surface area contributed by atoms with Gasteiger partial charge >= 0.3 is 0 Å². The molecule has 0 bridgehead atoms. The molecular formula is C26H27N4+. The Morgan fingerprint density at radius 3 is 1.97 bits per heavy atom. The molecule has 4 heteroatoms. The number of nitrogens with one attached hydrogen (secondary N) is 1. The van der Waals surface area contributed by atoms with Crippen LogP contribution in [0.15, 0.2) is 109 Å². The summed E-state index contributed by atoms with van der Waals surface area (Å²) in [4.78, 5) is 0. The molecule has 1 N–H and O–H groups in total. The minimum absolute atomic E-state index is 1.15. The van der Waals surface area contributed by atoms with Crippen LogP contribution in [0.3, 0.4) is 0 Å². The number of aryl methyl sites for hydroxylation is 1. The maximum Gasteiger partial charge on any atom is 0.203 e. The summed E-state index contributed by atoms with van der Waals surface area (Å²) >= 11 is 0. The van der Waals surface area contributed by atoms with E-state index in [-0.39, 0.29) is 0 Å². The molecule has 2 heterocycles. The zero-order chi connectivity index (χ0) is 21.0. The first-order chi connectivity index (χ1) is 14.7. The van der Waals surface area contributed by atoms with Crippen LogP contribution < -0.4 is 10.1 Å². The molecule has 150 valence electrons. The number of hydrazine groups is 1. The lowest BCUT2D eigenvalue weighted by molar-refractivity contribution is -0.731. The Kier molecular flexibility index (Phi) is 7.75. The minimum Gasteiger partial charge on any atom is -0.306 e. The fourth-order valence-electron chi connectivity index (χ4n) is 2.70. The molecule has 0 amide bonds. The lowest BCUT2D eigenvalue weighted by Crippen LogP contribution is -2.31. The van der Waals surface area contributed by atoms with Gasteiger partial charge in [0.25, 0.3) is 0 Å². The molecule has 0 fully saturated rings. The van der Waals surface area contributed by atoms with Gasteiger partial charge in [0.05, 0.1) is 6.20 Å². The summed E-state index contributed by atoms with van der Waals surface area (Å²) in [5, 5.41) is 5.98. The Hall–Kier alpha value is -3.92. The van der Waals surface area contributed by atoms with Crippen molar-refractivity contribution < 1.29 is 4.68 Å². The molecule has 0 radical (unpaired) electrons. The smallest absolute Gasteiger partial charge is 0.203 e. The predicted molar refractivity (Wildman–Crippen MR) is 124 cm³/mol. The standard InChI is InChI=1S/C13H14N2.C13H13N2/c1-15-10-9-13(11-14-15)8-7-12-5-3-2-4-6-12;1-15-11-13(9-10-14-15)8-7-12-5-3-2-4-6-12/h2-11,14H,1H3;2-11H,1H3/q;+1/b2*8-7+. The highest BCUT2D eigenvalue weighted by Gasteiger charge is 1.95. The molecule has 0 saturated heterocycles. The number of hydrogen-bond acceptors (Lipinski definition) is 3. The molecule has 0 saturated carbocycles. The van der Waals surface area contributed by atoms with Crippen molar-refractivity contribution >= 4 is 18.2 Å². The van der Waals surface area contributed by atoms with Crippen molar-refractivity contribution in [2.45, 2.75) is 0 Å². The summed E-state index contributed by atoms with van der Waals surface area (Å²) in [6.07, 6.45) is 18.2. The lowest BCUT2D eigenvalue weighted by Gasteiger charge is -2.17. The van der Waals surface area contributed by atoms with Crippen LogP contribution in [0.2, 0.25) is 0 Å². The van der Waals surface area contributed by atoms with E-state index in [9.17, 15) is 0 Å². The van der Waals surface area contributed by atoms with E-state index in [1.165, 1.54) is 11.1 Å². The van der Waals surface area contributed by atoms with Crippen LogP contribution in [0.1, 0.15) is 16.7 Å². The monoisotopic (exact) mass is 395 g/mol. The van der Waals surface area contributed by atoms with Gasteiger partial charge in [0.2, 0.25) is 6.20 Å². The predicted octanol–water partition coefficient (Wildman–Crippen LogP) is 4.62. The molecule has 30 heavy (non-hydrogen) atoms. The van der Waals surface area contributed by atoms with Crippen molar-refractivity contribution in [2.75, 3.05) is 7.05 Å². The van der Waals surface area contributed by atoms with Gasteiger partial charge in [-0.25, -0.2) is 0 Å². The van der Waals surface area contributed by atoms with Crippen LogP contribution in [-0.4, -0.2) is 17.2 Å². The Morgan fingerprint density at radius 1 is 0.800 bits per heavy atom. The summed E-state index contributed by atoms with van der Waals surface area (Å²) in [6, 6.07) is 22.5. The third-order valence-electron chi connectivity index (χ3n) is 4.31. The van der Waals surface area contributed by atoms with Gasteiger partial charge in [-0.3, -0.25) is 5.01 Å². The van der Waals surface area contributed by atoms with Crippen LogP contribution in [0.25, 0.3) is 18.2 Å². The molecule has 3 aromatic rings. The van der Waals surface area contributed by atoms with Crippen LogP contribution >= 0.6 is 0 Å². The number of benzene rings is 2. The quantitative estimate of drug-likeness (QED) is 0.654. The second-order valence-electron chi connectivity index (χ2n) is 6.82. The summed E-state index contributed by atoms with van der Waals surface area (Å²) < 4.78 is 1.80. The van der Waals surface area contributed by atoms with Crippen molar-refractivity contribution in [3.63, 3.8) is 0 Å². The average Bonchev–Trinajstić information content (AvgIpc) is 2.79. The van der Waals surface area contributed by atoms with Crippen molar-refractivity contribution in [1.82, 2.24) is 15.5 Å². The number of nitrogens with zero attached hydrogens (tertiary/aromatic N) is 3. The molecule has 0 aliphatic carbocycles. The minimum atomic E-state index is 1.15. The molecule has 4 nitrogen and oxygen atoms in total. The van der Waals surface area contributed by atoms with E-state index in [0.717, 1.165) is 11.1 Å². The maximum absolute atomic E-state index is 4.08. The molecular weight excluding hydrogens is 368 g/mol. The fraction of sp³-hybridized carbons (Fsp3) is 0.0769. The molecule has 1 aromatic heterocycles. The number of hydrogen-bond donors (Lipinski definition) is 1. The van der Waals surface area contributed by atoms with Crippen molar-refractivity contribution in [1.29, 1.82) is 0 Å². The molecule has 0 unspecified atom stereocenters. The van der Waals surface area contributed by atoms with Gasteiger partial charge < -0.3 is 5.43 Å². The summed E-state index contributed by atoms with van der Waals surface area (Å²) in [5.41, 5.74) is 7.83. The molecule has 0 atom stereocenters. The van der Waals surface area contributed by atoms with E-state index < -0.39 is 0 Å². The zero-order valence-electron chi connectivity index (χ0n) is 17.4. The number of aromatic nitrogens is 2. The normalized spacial score (nSPS) is 13.0. The highest BCUT2D eigenvalue weighted by molar-refractivity contribution is 5.68. The molecule has 0 spiro atoms. The first-order valence-corrected chi connectivity index (χ1v) is 9.85. The Balaban J connectivity index is 0.000000171. The molecule has 1 aliphatic heterocycles. The van der Waals surface area contributed by atoms with E-state index in [4.69, 9.17) is 0 Å². The van der Waals surface area contributed by atoms with Gasteiger partial charge in [-0.15, -0.1) is 0 Å². The van der Waals surface area contributed by atoms with Gasteiger partial charge in [0.1, 0.15) is 0 Å². The van der Waals surface area contributed by atoms with Gasteiger partial charge in [0, 0.05) is 25.0 Å². The summed E-state index contributed by atoms with van der Waals surface area (Å²) in [6.45, 7) is 0. The van der Waals surface area contributed by atoms with E-state index in [0.29, 0.717) is 0 Å². The van der Waals surface area contributed by atoms with Crippen LogP contribution in [0.4, 0.5) is 0 Å². The van der Waals surface area contributed by atoms with E-state index in [2.05, 4.69) is 65.2 Å². The first kappa shape index (κ1) is 20.8. The lowest BCUT2D eigenvalue weighted by atomic mass is 10.1. The summed E-state index contributed by atoms with van der Waals surface area (Å²) in [5.74, 6) is 0. The SMILES string of the molecule is CN1C=CC(/C=C/c2ccccc2)=CN1.C[n+]1cc(/C=C/c2ccccc2)ccn1. The third-order valence-corrected chi connectivity index (χ3v) is 4.31. The van der Waals surface area contributed by atoms with E-state index >= 15 is 0 Å². The molecule has 2 aromatic carbocycles. The van der Waals surface area contributed by atoms with Crippen molar-refractivity contribution in [2.24, 2.45) is 7.05 Å².